The monoisotopic (exact) mass is 146 g/mol. The van der Waals surface area contributed by atoms with Gasteiger partial charge in [0.15, 0.2) is 11.9 Å². The maximum absolute atomic E-state index is 4.82. The molecule has 0 fully saturated rings. The van der Waals surface area contributed by atoms with Crippen LogP contribution in [-0.4, -0.2) is 26.0 Å². The third-order valence-electron chi connectivity index (χ3n) is 0.516. The van der Waals surface area contributed by atoms with Crippen LogP contribution in [-0.2, 0) is 0 Å². The molecule has 0 bridgehead atoms. The Morgan fingerprint density at radius 3 is 0.900 bits per heavy atom. The average molecular weight is 146 g/mol. The largest absolute Gasteiger partial charge is 0.370 e. The highest BCUT2D eigenvalue weighted by atomic mass is 15.0. The summed E-state index contributed by atoms with van der Waals surface area (Å²) in [5.74, 6) is 0.259. The Morgan fingerprint density at radius 2 is 0.900 bits per heavy atom. The van der Waals surface area contributed by atoms with Crippen molar-refractivity contribution < 1.29 is 0 Å². The van der Waals surface area contributed by atoms with Crippen LogP contribution in [0.1, 0.15) is 0 Å². The van der Waals surface area contributed by atoms with E-state index in [2.05, 4.69) is 9.98 Å². The molecule has 60 valence electrons. The third kappa shape index (κ3) is 31.1. The Labute approximate surface area is 60.0 Å². The first-order valence-corrected chi connectivity index (χ1v) is 2.50. The molecule has 6 nitrogen and oxygen atoms in total. The molecule has 0 aliphatic heterocycles. The highest BCUT2D eigenvalue weighted by Gasteiger charge is 1.61. The van der Waals surface area contributed by atoms with Gasteiger partial charge in [-0.05, 0) is 0 Å². The number of hydrogen-bond donors (Lipinski definition) is 4. The van der Waals surface area contributed by atoms with E-state index < -0.39 is 0 Å². The van der Waals surface area contributed by atoms with E-state index >= 15 is 0 Å². The van der Waals surface area contributed by atoms with Crippen LogP contribution in [0, 0.1) is 0 Å². The fourth-order valence-electron chi connectivity index (χ4n) is 0. The molecule has 0 aromatic rings. The van der Waals surface area contributed by atoms with Gasteiger partial charge >= 0.3 is 0 Å². The van der Waals surface area contributed by atoms with E-state index in [-0.39, 0.29) is 11.9 Å². The molecule has 0 aromatic carbocycles. The minimum atomic E-state index is 0.130. The van der Waals surface area contributed by atoms with Crippen molar-refractivity contribution in [3.63, 3.8) is 0 Å². The fourth-order valence-corrected chi connectivity index (χ4v) is 0. The maximum Gasteiger partial charge on any atom is 0.185 e. The first kappa shape index (κ1) is 11.4. The van der Waals surface area contributed by atoms with Crippen LogP contribution in [0.4, 0.5) is 0 Å². The number of guanidine groups is 2. The van der Waals surface area contributed by atoms with Crippen LogP contribution < -0.4 is 22.9 Å². The van der Waals surface area contributed by atoms with Gasteiger partial charge < -0.3 is 22.9 Å². The van der Waals surface area contributed by atoms with Crippen molar-refractivity contribution in [3.05, 3.63) is 0 Å². The predicted octanol–water partition coefficient (Wildman–Crippen LogP) is -2.22. The van der Waals surface area contributed by atoms with E-state index in [1.165, 1.54) is 14.1 Å². The Kier molecular flexibility index (Phi) is 8.56. The van der Waals surface area contributed by atoms with Crippen LogP contribution >= 0.6 is 0 Å². The lowest BCUT2D eigenvalue weighted by molar-refractivity contribution is 1.36. The first-order chi connectivity index (χ1) is 4.54. The minimum absolute atomic E-state index is 0.130. The summed E-state index contributed by atoms with van der Waals surface area (Å²) in [5, 5.41) is 0. The molecular weight excluding hydrogens is 132 g/mol. The molecule has 0 unspecified atom stereocenters. The van der Waals surface area contributed by atoms with E-state index in [0.29, 0.717) is 0 Å². The summed E-state index contributed by atoms with van der Waals surface area (Å²) in [6.45, 7) is 0. The molecule has 6 heteroatoms. The molecule has 0 amide bonds. The fraction of sp³-hybridized carbons (Fsp3) is 0.500. The highest BCUT2D eigenvalue weighted by molar-refractivity contribution is 5.75. The van der Waals surface area contributed by atoms with E-state index in [1.807, 2.05) is 0 Å². The molecule has 0 radical (unpaired) electrons. The van der Waals surface area contributed by atoms with Crippen LogP contribution in [0.3, 0.4) is 0 Å². The predicted molar refractivity (Wildman–Crippen MR) is 43.5 cm³/mol. The van der Waals surface area contributed by atoms with Crippen molar-refractivity contribution in [3.8, 4) is 0 Å². The van der Waals surface area contributed by atoms with E-state index in [9.17, 15) is 0 Å². The molecule has 0 rings (SSSR count). The smallest absolute Gasteiger partial charge is 0.185 e. The number of nitrogens with zero attached hydrogens (tertiary/aromatic N) is 2. The van der Waals surface area contributed by atoms with Gasteiger partial charge in [-0.15, -0.1) is 0 Å². The number of rotatable bonds is 0. The van der Waals surface area contributed by atoms with Crippen molar-refractivity contribution >= 4 is 11.9 Å². The Morgan fingerprint density at radius 1 is 0.800 bits per heavy atom. The second kappa shape index (κ2) is 7.54. The minimum Gasteiger partial charge on any atom is -0.370 e. The summed E-state index contributed by atoms with van der Waals surface area (Å²) in [7, 11) is 3.07. The maximum atomic E-state index is 4.82. The van der Waals surface area contributed by atoms with Gasteiger partial charge in [0, 0.05) is 14.1 Å². The summed E-state index contributed by atoms with van der Waals surface area (Å²) in [6, 6.07) is 0. The van der Waals surface area contributed by atoms with Crippen molar-refractivity contribution in [1.82, 2.24) is 0 Å². The van der Waals surface area contributed by atoms with Crippen LogP contribution in [0.5, 0.6) is 0 Å². The second-order valence-corrected chi connectivity index (χ2v) is 1.30. The number of aliphatic imine (C=N–C) groups is 2. The van der Waals surface area contributed by atoms with Gasteiger partial charge in [0.05, 0.1) is 0 Å². The Hall–Kier alpha value is -1.46. The molecular formula is C4H14N6. The second-order valence-electron chi connectivity index (χ2n) is 1.30. The number of hydrogen-bond acceptors (Lipinski definition) is 2. The summed E-state index contributed by atoms with van der Waals surface area (Å²) in [4.78, 5) is 6.72. The SMILES string of the molecule is CN=C(N)N.CN=C(N)N. The first-order valence-electron chi connectivity index (χ1n) is 2.50. The molecule has 0 heterocycles. The third-order valence-corrected chi connectivity index (χ3v) is 0.516. The Balaban J connectivity index is 0. The van der Waals surface area contributed by atoms with Crippen LogP contribution in [0.25, 0.3) is 0 Å². The van der Waals surface area contributed by atoms with Crippen molar-refractivity contribution in [2.24, 2.45) is 32.9 Å². The normalized spacial score (nSPS) is 6.60. The standard InChI is InChI=1S/2C2H7N3/c2*1-5-2(3)4/h2*1H3,(H4,3,4,5). The van der Waals surface area contributed by atoms with Gasteiger partial charge in [-0.1, -0.05) is 0 Å². The zero-order valence-electron chi connectivity index (χ0n) is 6.20. The summed E-state index contributed by atoms with van der Waals surface area (Å²) in [6.07, 6.45) is 0. The molecule has 10 heavy (non-hydrogen) atoms. The van der Waals surface area contributed by atoms with Gasteiger partial charge in [0.1, 0.15) is 0 Å². The summed E-state index contributed by atoms with van der Waals surface area (Å²) >= 11 is 0. The van der Waals surface area contributed by atoms with Crippen LogP contribution in [0.15, 0.2) is 9.98 Å². The van der Waals surface area contributed by atoms with Crippen molar-refractivity contribution in [2.45, 2.75) is 0 Å². The lowest BCUT2D eigenvalue weighted by Gasteiger charge is -1.77. The molecule has 0 atom stereocenters. The molecule has 0 saturated carbocycles. The Bertz CT molecular complexity index is 102. The summed E-state index contributed by atoms with van der Waals surface area (Å²) < 4.78 is 0. The van der Waals surface area contributed by atoms with E-state index in [0.717, 1.165) is 0 Å². The molecule has 8 N–H and O–H groups in total. The van der Waals surface area contributed by atoms with E-state index in [1.54, 1.807) is 0 Å². The van der Waals surface area contributed by atoms with Gasteiger partial charge in [-0.3, -0.25) is 9.98 Å². The van der Waals surface area contributed by atoms with Gasteiger partial charge in [0.2, 0.25) is 0 Å². The van der Waals surface area contributed by atoms with Gasteiger partial charge in [-0.2, -0.15) is 0 Å². The zero-order chi connectivity index (χ0) is 8.57. The highest BCUT2D eigenvalue weighted by Crippen LogP contribution is 1.40. The molecule has 0 aliphatic carbocycles. The zero-order valence-corrected chi connectivity index (χ0v) is 6.20. The van der Waals surface area contributed by atoms with Crippen LogP contribution in [0.2, 0.25) is 0 Å². The van der Waals surface area contributed by atoms with Crippen molar-refractivity contribution in [2.75, 3.05) is 14.1 Å². The summed E-state index contributed by atoms with van der Waals surface area (Å²) in [5.41, 5.74) is 19.3. The molecule has 0 spiro atoms. The molecule has 0 aliphatic rings. The topological polar surface area (TPSA) is 129 Å². The molecule has 0 saturated heterocycles. The number of nitrogens with two attached hydrogens (primary N) is 4. The van der Waals surface area contributed by atoms with E-state index in [4.69, 9.17) is 22.9 Å². The van der Waals surface area contributed by atoms with Crippen molar-refractivity contribution in [1.29, 1.82) is 0 Å². The average Bonchev–Trinajstić information content (AvgIpc) is 1.89. The lowest BCUT2D eigenvalue weighted by Crippen LogP contribution is -2.21. The van der Waals surface area contributed by atoms with Gasteiger partial charge in [-0.25, -0.2) is 0 Å². The quantitative estimate of drug-likeness (QED) is 0.228. The molecule has 0 aromatic heterocycles. The lowest BCUT2D eigenvalue weighted by atomic mass is 11.1. The van der Waals surface area contributed by atoms with Gasteiger partial charge in [0.25, 0.3) is 0 Å².